The highest BCUT2D eigenvalue weighted by atomic mass is 19.1. The van der Waals surface area contributed by atoms with Crippen molar-refractivity contribution in [2.24, 2.45) is 0 Å². The van der Waals surface area contributed by atoms with Gasteiger partial charge in [-0.25, -0.2) is 4.39 Å². The maximum absolute atomic E-state index is 13.6. The molecule has 3 rings (SSSR count). The Kier molecular flexibility index (Phi) is 2.36. The molecule has 2 heteroatoms. The number of nitrogens with one attached hydrogen (secondary N) is 1. The molecule has 2 aromatic rings. The predicted molar refractivity (Wildman–Crippen MR) is 67.6 cm³/mol. The molecule has 0 amide bonds. The summed E-state index contributed by atoms with van der Waals surface area (Å²) in [5.41, 5.74) is 4.19. The Labute approximate surface area is 100 Å². The fourth-order valence-electron chi connectivity index (χ4n) is 2.35. The molecule has 86 valence electrons. The summed E-state index contributed by atoms with van der Waals surface area (Å²) in [6, 6.07) is 13.9. The van der Waals surface area contributed by atoms with Gasteiger partial charge in [0, 0.05) is 0 Å². The van der Waals surface area contributed by atoms with Crippen molar-refractivity contribution < 1.29 is 4.39 Å². The predicted octanol–water partition coefficient (Wildman–Crippen LogP) is 3.84. The highest BCUT2D eigenvalue weighted by Gasteiger charge is 2.23. The van der Waals surface area contributed by atoms with Crippen LogP contribution >= 0.6 is 0 Å². The molecule has 17 heavy (non-hydrogen) atoms. The monoisotopic (exact) mass is 227 g/mol. The minimum atomic E-state index is -0.155. The number of anilines is 1. The summed E-state index contributed by atoms with van der Waals surface area (Å²) in [5, 5.41) is 3.26. The van der Waals surface area contributed by atoms with Crippen molar-refractivity contribution in [3.05, 3.63) is 65.0 Å². The molecule has 1 aliphatic heterocycles. The molecular weight excluding hydrogens is 213 g/mol. The lowest BCUT2D eigenvalue weighted by Crippen LogP contribution is -2.05. The molecule has 0 bridgehead atoms. The Bertz CT molecular complexity index is 545. The van der Waals surface area contributed by atoms with Crippen molar-refractivity contribution in [2.75, 3.05) is 5.32 Å². The number of aryl methyl sites for hydroxylation is 1. The zero-order valence-electron chi connectivity index (χ0n) is 9.70. The van der Waals surface area contributed by atoms with E-state index in [1.54, 1.807) is 6.07 Å². The van der Waals surface area contributed by atoms with Gasteiger partial charge in [-0.1, -0.05) is 42.0 Å². The van der Waals surface area contributed by atoms with E-state index in [0.29, 0.717) is 5.69 Å². The van der Waals surface area contributed by atoms with Crippen LogP contribution in [-0.4, -0.2) is 0 Å². The third-order valence-electron chi connectivity index (χ3n) is 3.32. The maximum atomic E-state index is 13.6. The van der Waals surface area contributed by atoms with Gasteiger partial charge < -0.3 is 5.32 Å². The lowest BCUT2D eigenvalue weighted by molar-refractivity contribution is 0.630. The Morgan fingerprint density at radius 3 is 2.59 bits per heavy atom. The van der Waals surface area contributed by atoms with Crippen molar-refractivity contribution in [3.63, 3.8) is 0 Å². The van der Waals surface area contributed by atoms with Crippen molar-refractivity contribution in [1.82, 2.24) is 0 Å². The van der Waals surface area contributed by atoms with Gasteiger partial charge in [-0.2, -0.15) is 0 Å². The maximum Gasteiger partial charge on any atom is 0.146 e. The molecular formula is C15H14FN. The van der Waals surface area contributed by atoms with E-state index in [0.717, 1.165) is 12.0 Å². The topological polar surface area (TPSA) is 12.0 Å². The summed E-state index contributed by atoms with van der Waals surface area (Å²) < 4.78 is 13.6. The fourth-order valence-corrected chi connectivity index (χ4v) is 2.35. The molecule has 1 heterocycles. The quantitative estimate of drug-likeness (QED) is 0.780. The zero-order chi connectivity index (χ0) is 11.8. The Hall–Kier alpha value is -1.83. The average Bonchev–Trinajstić information content (AvgIpc) is 2.75. The van der Waals surface area contributed by atoms with Gasteiger partial charge in [0.25, 0.3) is 0 Å². The molecule has 2 aromatic carbocycles. The van der Waals surface area contributed by atoms with Crippen LogP contribution in [0.3, 0.4) is 0 Å². The fraction of sp³-hybridized carbons (Fsp3) is 0.200. The molecule has 1 aliphatic rings. The van der Waals surface area contributed by atoms with E-state index < -0.39 is 0 Å². The first-order chi connectivity index (χ1) is 8.24. The molecule has 0 saturated carbocycles. The standard InChI is InChI=1S/C15H14FN/c1-10-5-7-11(8-6-10)14-9-12-3-2-4-13(16)15(12)17-14/h2-8,14,17H,9H2,1H3. The Balaban J connectivity index is 1.91. The lowest BCUT2D eigenvalue weighted by Gasteiger charge is -2.11. The normalized spacial score (nSPS) is 17.6. The van der Waals surface area contributed by atoms with Gasteiger partial charge in [-0.15, -0.1) is 0 Å². The molecule has 0 spiro atoms. The molecule has 0 aromatic heterocycles. The van der Waals surface area contributed by atoms with E-state index in [2.05, 4.69) is 36.5 Å². The summed E-state index contributed by atoms with van der Waals surface area (Å²) in [4.78, 5) is 0. The second-order valence-corrected chi connectivity index (χ2v) is 4.59. The third kappa shape index (κ3) is 1.80. The van der Waals surface area contributed by atoms with Gasteiger partial charge in [0.05, 0.1) is 11.7 Å². The number of halogens is 1. The summed E-state index contributed by atoms with van der Waals surface area (Å²) in [6.45, 7) is 2.07. The summed E-state index contributed by atoms with van der Waals surface area (Å²) in [6.07, 6.45) is 0.857. The van der Waals surface area contributed by atoms with E-state index in [4.69, 9.17) is 0 Å². The minimum Gasteiger partial charge on any atom is -0.375 e. The molecule has 0 fully saturated rings. The van der Waals surface area contributed by atoms with Gasteiger partial charge >= 0.3 is 0 Å². The van der Waals surface area contributed by atoms with Crippen LogP contribution in [0.2, 0.25) is 0 Å². The SMILES string of the molecule is Cc1ccc(C2Cc3cccc(F)c3N2)cc1. The van der Waals surface area contributed by atoms with Crippen molar-refractivity contribution in [3.8, 4) is 0 Å². The van der Waals surface area contributed by atoms with Gasteiger partial charge in [-0.05, 0) is 30.5 Å². The van der Waals surface area contributed by atoms with Gasteiger partial charge in [0.1, 0.15) is 5.82 Å². The van der Waals surface area contributed by atoms with E-state index in [1.165, 1.54) is 17.2 Å². The first kappa shape index (κ1) is 10.3. The Morgan fingerprint density at radius 2 is 1.88 bits per heavy atom. The van der Waals surface area contributed by atoms with Crippen LogP contribution in [0, 0.1) is 12.7 Å². The number of fused-ring (bicyclic) bond motifs is 1. The van der Waals surface area contributed by atoms with Crippen LogP contribution in [-0.2, 0) is 6.42 Å². The molecule has 1 atom stereocenters. The number of benzene rings is 2. The van der Waals surface area contributed by atoms with Crippen LogP contribution in [0.1, 0.15) is 22.7 Å². The van der Waals surface area contributed by atoms with Crippen LogP contribution in [0.5, 0.6) is 0 Å². The third-order valence-corrected chi connectivity index (χ3v) is 3.32. The van der Waals surface area contributed by atoms with Gasteiger partial charge in [0.15, 0.2) is 0 Å². The first-order valence-corrected chi connectivity index (χ1v) is 5.84. The van der Waals surface area contributed by atoms with Crippen LogP contribution in [0.25, 0.3) is 0 Å². The van der Waals surface area contributed by atoms with Crippen LogP contribution in [0.4, 0.5) is 10.1 Å². The van der Waals surface area contributed by atoms with Gasteiger partial charge in [-0.3, -0.25) is 0 Å². The number of hydrogen-bond donors (Lipinski definition) is 1. The van der Waals surface area contributed by atoms with Crippen LogP contribution < -0.4 is 5.32 Å². The second kappa shape index (κ2) is 3.88. The lowest BCUT2D eigenvalue weighted by atomic mass is 10.0. The smallest absolute Gasteiger partial charge is 0.146 e. The largest absolute Gasteiger partial charge is 0.375 e. The highest BCUT2D eigenvalue weighted by molar-refractivity contribution is 5.59. The van der Waals surface area contributed by atoms with E-state index in [1.807, 2.05) is 6.07 Å². The highest BCUT2D eigenvalue weighted by Crippen LogP contribution is 2.35. The van der Waals surface area contributed by atoms with Crippen molar-refractivity contribution in [1.29, 1.82) is 0 Å². The average molecular weight is 227 g/mol. The molecule has 1 N–H and O–H groups in total. The number of para-hydroxylation sites is 1. The molecule has 0 radical (unpaired) electrons. The van der Waals surface area contributed by atoms with E-state index in [9.17, 15) is 4.39 Å². The molecule has 0 saturated heterocycles. The van der Waals surface area contributed by atoms with Gasteiger partial charge in [0.2, 0.25) is 0 Å². The van der Waals surface area contributed by atoms with Crippen LogP contribution in [0.15, 0.2) is 42.5 Å². The summed E-state index contributed by atoms with van der Waals surface area (Å²) in [7, 11) is 0. The number of hydrogen-bond acceptors (Lipinski definition) is 1. The van der Waals surface area contributed by atoms with E-state index in [-0.39, 0.29) is 11.9 Å². The molecule has 1 unspecified atom stereocenters. The Morgan fingerprint density at radius 1 is 1.12 bits per heavy atom. The second-order valence-electron chi connectivity index (χ2n) is 4.59. The summed E-state index contributed by atoms with van der Waals surface area (Å²) in [5.74, 6) is -0.155. The minimum absolute atomic E-state index is 0.155. The zero-order valence-corrected chi connectivity index (χ0v) is 9.70. The number of rotatable bonds is 1. The van der Waals surface area contributed by atoms with Crippen molar-refractivity contribution >= 4 is 5.69 Å². The first-order valence-electron chi connectivity index (χ1n) is 5.84. The van der Waals surface area contributed by atoms with E-state index >= 15 is 0 Å². The van der Waals surface area contributed by atoms with Crippen molar-refractivity contribution in [2.45, 2.75) is 19.4 Å². The molecule has 0 aliphatic carbocycles. The summed E-state index contributed by atoms with van der Waals surface area (Å²) >= 11 is 0. The molecule has 1 nitrogen and oxygen atoms in total.